The molecule has 1 fully saturated rings. The van der Waals surface area contributed by atoms with Crippen LogP contribution in [0.1, 0.15) is 30.8 Å². The summed E-state index contributed by atoms with van der Waals surface area (Å²) in [6, 6.07) is 11.5. The molecule has 2 aromatic rings. The topological polar surface area (TPSA) is 72.4 Å². The average molecular weight is 299 g/mol. The quantitative estimate of drug-likeness (QED) is 0.925. The second-order valence-corrected chi connectivity index (χ2v) is 6.55. The van der Waals surface area contributed by atoms with Gasteiger partial charge in [-0.2, -0.15) is 0 Å². The van der Waals surface area contributed by atoms with Gasteiger partial charge in [0.15, 0.2) is 11.5 Å². The Morgan fingerprint density at radius 1 is 1.36 bits per heavy atom. The second kappa shape index (κ2) is 5.57. The highest BCUT2D eigenvalue weighted by Gasteiger charge is 2.36. The van der Waals surface area contributed by atoms with Crippen molar-refractivity contribution >= 4 is 5.91 Å². The van der Waals surface area contributed by atoms with Crippen LogP contribution in [0, 0.1) is 5.41 Å². The van der Waals surface area contributed by atoms with E-state index in [1.165, 1.54) is 0 Å². The molecule has 1 saturated heterocycles. The maximum absolute atomic E-state index is 12.6. The van der Waals surface area contributed by atoms with Gasteiger partial charge in [0.05, 0.1) is 0 Å². The smallest absolute Gasteiger partial charge is 0.276 e. The van der Waals surface area contributed by atoms with Crippen molar-refractivity contribution in [3.8, 4) is 11.3 Å². The summed E-state index contributed by atoms with van der Waals surface area (Å²) in [4.78, 5) is 14.4. The molecule has 116 valence electrons. The molecule has 2 heterocycles. The van der Waals surface area contributed by atoms with Crippen molar-refractivity contribution in [2.45, 2.75) is 26.3 Å². The first kappa shape index (κ1) is 14.8. The number of nitrogens with zero attached hydrogens (tertiary/aromatic N) is 2. The molecule has 1 aromatic carbocycles. The molecule has 0 radical (unpaired) electrons. The Balaban J connectivity index is 1.78. The van der Waals surface area contributed by atoms with Gasteiger partial charge >= 0.3 is 0 Å². The number of carbonyl (C=O) groups is 1. The summed E-state index contributed by atoms with van der Waals surface area (Å²) < 4.78 is 5.31. The predicted molar refractivity (Wildman–Crippen MR) is 84.2 cm³/mol. The van der Waals surface area contributed by atoms with Crippen LogP contribution in [0.3, 0.4) is 0 Å². The first-order valence-electron chi connectivity index (χ1n) is 7.54. The highest BCUT2D eigenvalue weighted by molar-refractivity contribution is 5.93. The van der Waals surface area contributed by atoms with E-state index in [9.17, 15) is 4.79 Å². The summed E-state index contributed by atoms with van der Waals surface area (Å²) in [5, 5.41) is 3.94. The van der Waals surface area contributed by atoms with Gasteiger partial charge in [0.1, 0.15) is 0 Å². The maximum atomic E-state index is 12.6. The van der Waals surface area contributed by atoms with E-state index in [4.69, 9.17) is 10.3 Å². The fraction of sp³-hybridized carbons (Fsp3) is 0.412. The molecule has 1 amide bonds. The van der Waals surface area contributed by atoms with Crippen molar-refractivity contribution in [3.05, 3.63) is 42.1 Å². The van der Waals surface area contributed by atoms with E-state index in [0.29, 0.717) is 24.5 Å². The fourth-order valence-corrected chi connectivity index (χ4v) is 2.82. The van der Waals surface area contributed by atoms with Crippen LogP contribution < -0.4 is 5.73 Å². The largest absolute Gasteiger partial charge is 0.355 e. The molecule has 1 aliphatic heterocycles. The van der Waals surface area contributed by atoms with Crippen molar-refractivity contribution in [1.82, 2.24) is 10.1 Å². The van der Waals surface area contributed by atoms with Crippen LogP contribution in [0.25, 0.3) is 11.3 Å². The number of likely N-dealkylation sites (tertiary alicyclic amines) is 1. The highest BCUT2D eigenvalue weighted by Crippen LogP contribution is 2.29. The zero-order chi connectivity index (χ0) is 15.7. The summed E-state index contributed by atoms with van der Waals surface area (Å²) in [6.45, 7) is 5.49. The van der Waals surface area contributed by atoms with Crippen LogP contribution in [-0.4, -0.2) is 35.1 Å². The summed E-state index contributed by atoms with van der Waals surface area (Å²) in [5.41, 5.74) is 7.30. The molecule has 0 spiro atoms. The first-order valence-corrected chi connectivity index (χ1v) is 7.54. The minimum atomic E-state index is -0.0918. The molecule has 22 heavy (non-hydrogen) atoms. The third-order valence-electron chi connectivity index (χ3n) is 4.39. The number of amides is 1. The Hall–Kier alpha value is -2.14. The summed E-state index contributed by atoms with van der Waals surface area (Å²) >= 11 is 0. The number of carbonyl (C=O) groups excluding carboxylic acids is 1. The monoisotopic (exact) mass is 299 g/mol. The van der Waals surface area contributed by atoms with Gasteiger partial charge in [-0.1, -0.05) is 49.3 Å². The molecule has 1 aliphatic rings. The Labute approximate surface area is 130 Å². The summed E-state index contributed by atoms with van der Waals surface area (Å²) in [5.74, 6) is 0.517. The third kappa shape index (κ3) is 2.76. The highest BCUT2D eigenvalue weighted by atomic mass is 16.5. The van der Waals surface area contributed by atoms with Crippen molar-refractivity contribution in [3.63, 3.8) is 0 Å². The van der Waals surface area contributed by atoms with Crippen LogP contribution in [0.5, 0.6) is 0 Å². The lowest BCUT2D eigenvalue weighted by Gasteiger charge is -2.42. The van der Waals surface area contributed by atoms with Gasteiger partial charge < -0.3 is 15.2 Å². The number of hydrogen-bond donors (Lipinski definition) is 1. The molecule has 1 atom stereocenters. The number of piperidine rings is 1. The molecular weight excluding hydrogens is 278 g/mol. The van der Waals surface area contributed by atoms with E-state index in [2.05, 4.69) is 19.0 Å². The zero-order valence-corrected chi connectivity index (χ0v) is 13.0. The lowest BCUT2D eigenvalue weighted by atomic mass is 9.79. The number of nitrogens with two attached hydrogens (primary N) is 1. The molecule has 0 bridgehead atoms. The number of aromatic nitrogens is 1. The van der Waals surface area contributed by atoms with Crippen LogP contribution in [0.4, 0.5) is 0 Å². The molecule has 1 aromatic heterocycles. The van der Waals surface area contributed by atoms with Crippen LogP contribution >= 0.6 is 0 Å². The third-order valence-corrected chi connectivity index (χ3v) is 4.39. The second-order valence-electron chi connectivity index (χ2n) is 6.55. The molecule has 0 aliphatic carbocycles. The van der Waals surface area contributed by atoms with E-state index in [-0.39, 0.29) is 17.4 Å². The molecule has 2 N–H and O–H groups in total. The first-order chi connectivity index (χ1) is 10.5. The molecule has 5 nitrogen and oxygen atoms in total. The van der Waals surface area contributed by atoms with Gasteiger partial charge in [0.25, 0.3) is 5.91 Å². The summed E-state index contributed by atoms with van der Waals surface area (Å²) in [6.07, 6.45) is 0.808. The van der Waals surface area contributed by atoms with Crippen LogP contribution in [-0.2, 0) is 0 Å². The van der Waals surface area contributed by atoms with E-state index < -0.39 is 0 Å². The minimum absolute atomic E-state index is 0.0834. The van der Waals surface area contributed by atoms with Gasteiger partial charge in [-0.05, 0) is 11.8 Å². The Bertz CT molecular complexity index is 664. The van der Waals surface area contributed by atoms with Gasteiger partial charge in [-0.3, -0.25) is 4.79 Å². The van der Waals surface area contributed by atoms with Crippen molar-refractivity contribution < 1.29 is 9.32 Å². The number of hydrogen-bond acceptors (Lipinski definition) is 4. The van der Waals surface area contributed by atoms with E-state index >= 15 is 0 Å². The normalized spacial score (nSPS) is 20.9. The zero-order valence-electron chi connectivity index (χ0n) is 13.0. The van der Waals surface area contributed by atoms with Crippen molar-refractivity contribution in [1.29, 1.82) is 0 Å². The Kier molecular flexibility index (Phi) is 3.74. The Morgan fingerprint density at radius 2 is 2.09 bits per heavy atom. The molecule has 0 saturated carbocycles. The molecule has 5 heteroatoms. The minimum Gasteiger partial charge on any atom is -0.355 e. The van der Waals surface area contributed by atoms with Crippen LogP contribution in [0.2, 0.25) is 0 Å². The van der Waals surface area contributed by atoms with Crippen molar-refractivity contribution in [2.75, 3.05) is 13.1 Å². The molecule has 1 unspecified atom stereocenters. The van der Waals surface area contributed by atoms with E-state index in [1.54, 1.807) is 6.07 Å². The Morgan fingerprint density at radius 3 is 2.77 bits per heavy atom. The van der Waals surface area contributed by atoms with E-state index in [1.807, 2.05) is 35.2 Å². The number of rotatable bonds is 2. The molecular formula is C17H21N3O2. The van der Waals surface area contributed by atoms with Crippen molar-refractivity contribution in [2.24, 2.45) is 11.1 Å². The van der Waals surface area contributed by atoms with Gasteiger partial charge in [-0.25, -0.2) is 0 Å². The average Bonchev–Trinajstić information content (AvgIpc) is 3.00. The number of benzene rings is 1. The maximum Gasteiger partial charge on any atom is 0.276 e. The van der Waals surface area contributed by atoms with Gasteiger partial charge in [0.2, 0.25) is 0 Å². The van der Waals surface area contributed by atoms with Gasteiger partial charge in [-0.15, -0.1) is 0 Å². The lowest BCUT2D eigenvalue weighted by molar-refractivity contribution is 0.0523. The predicted octanol–water partition coefficient (Wildman–Crippen LogP) is 2.54. The lowest BCUT2D eigenvalue weighted by Crippen LogP contribution is -2.54. The SMILES string of the molecule is CC1(C)CN(C(=O)c2cc(-c3ccccc3)on2)CCC1N. The summed E-state index contributed by atoms with van der Waals surface area (Å²) in [7, 11) is 0. The fourth-order valence-electron chi connectivity index (χ4n) is 2.82. The standard InChI is InChI=1S/C17H21N3O2/c1-17(2)11-20(9-8-15(17)18)16(21)13-10-14(22-19-13)12-6-4-3-5-7-12/h3-7,10,15H,8-9,11,18H2,1-2H3. The molecule has 3 rings (SSSR count). The van der Waals surface area contributed by atoms with E-state index in [0.717, 1.165) is 12.0 Å². The van der Waals surface area contributed by atoms with Crippen LogP contribution in [0.15, 0.2) is 40.9 Å². The van der Waals surface area contributed by atoms with Gasteiger partial charge in [0, 0.05) is 30.8 Å².